The second-order valence-electron chi connectivity index (χ2n) is 6.42. The molecule has 1 aromatic rings. The molecule has 120 valence electrons. The van der Waals surface area contributed by atoms with Gasteiger partial charge in [-0.25, -0.2) is 9.37 Å². The highest BCUT2D eigenvalue weighted by molar-refractivity contribution is 5.23. The Kier molecular flexibility index (Phi) is 7.05. The average Bonchev–Trinajstić information content (AvgIpc) is 2.36. The van der Waals surface area contributed by atoms with Crippen molar-refractivity contribution < 1.29 is 13.9 Å². The minimum absolute atomic E-state index is 0.0383. The highest BCUT2D eigenvalue weighted by Crippen LogP contribution is 2.17. The van der Waals surface area contributed by atoms with Crippen molar-refractivity contribution in [3.05, 3.63) is 23.6 Å². The third kappa shape index (κ3) is 7.39. The molecule has 1 N–H and O–H groups in total. The summed E-state index contributed by atoms with van der Waals surface area (Å²) >= 11 is 0. The van der Waals surface area contributed by atoms with Crippen LogP contribution in [-0.2, 0) is 11.3 Å². The van der Waals surface area contributed by atoms with Crippen LogP contribution in [0.25, 0.3) is 0 Å². The molecule has 0 aliphatic rings. The molecule has 0 spiro atoms. The molecule has 0 aromatic carbocycles. The second kappa shape index (κ2) is 8.29. The lowest BCUT2D eigenvalue weighted by Gasteiger charge is -2.19. The molecule has 0 saturated carbocycles. The first-order valence-corrected chi connectivity index (χ1v) is 7.40. The SMILES string of the molecule is CC(C)CNCc1ccnc(OCCOC(C)(C)C)c1F. The van der Waals surface area contributed by atoms with E-state index in [2.05, 4.69) is 24.1 Å². The fourth-order valence-electron chi connectivity index (χ4n) is 1.68. The van der Waals surface area contributed by atoms with E-state index in [4.69, 9.17) is 9.47 Å². The van der Waals surface area contributed by atoms with Crippen molar-refractivity contribution in [1.29, 1.82) is 0 Å². The van der Waals surface area contributed by atoms with Gasteiger partial charge in [-0.3, -0.25) is 0 Å². The number of hydrogen-bond acceptors (Lipinski definition) is 4. The number of hydrogen-bond donors (Lipinski definition) is 1. The van der Waals surface area contributed by atoms with Crippen LogP contribution in [0.3, 0.4) is 0 Å². The van der Waals surface area contributed by atoms with E-state index >= 15 is 0 Å². The number of nitrogens with one attached hydrogen (secondary N) is 1. The number of aromatic nitrogens is 1. The number of ether oxygens (including phenoxy) is 2. The van der Waals surface area contributed by atoms with Crippen molar-refractivity contribution in [2.45, 2.75) is 46.8 Å². The molecule has 21 heavy (non-hydrogen) atoms. The van der Waals surface area contributed by atoms with E-state index in [1.54, 1.807) is 12.3 Å². The second-order valence-corrected chi connectivity index (χ2v) is 6.42. The smallest absolute Gasteiger partial charge is 0.250 e. The summed E-state index contributed by atoms with van der Waals surface area (Å²) < 4.78 is 25.1. The van der Waals surface area contributed by atoms with Crippen molar-refractivity contribution in [3.8, 4) is 5.88 Å². The molecule has 1 rings (SSSR count). The van der Waals surface area contributed by atoms with E-state index in [9.17, 15) is 4.39 Å². The minimum atomic E-state index is -0.399. The van der Waals surface area contributed by atoms with Gasteiger partial charge in [-0.1, -0.05) is 13.8 Å². The summed E-state index contributed by atoms with van der Waals surface area (Å²) in [5.41, 5.74) is 0.343. The number of nitrogens with zero attached hydrogens (tertiary/aromatic N) is 1. The molecule has 0 fully saturated rings. The quantitative estimate of drug-likeness (QED) is 0.749. The van der Waals surface area contributed by atoms with Gasteiger partial charge in [0.15, 0.2) is 5.82 Å². The molecule has 4 nitrogen and oxygen atoms in total. The summed E-state index contributed by atoms with van der Waals surface area (Å²) in [5.74, 6) is 0.168. The molecule has 0 radical (unpaired) electrons. The van der Waals surface area contributed by atoms with Crippen molar-refractivity contribution >= 4 is 0 Å². The zero-order valence-electron chi connectivity index (χ0n) is 13.7. The van der Waals surface area contributed by atoms with E-state index in [0.717, 1.165) is 6.54 Å². The summed E-state index contributed by atoms with van der Waals surface area (Å²) in [6.45, 7) is 12.1. The maximum absolute atomic E-state index is 14.2. The molecule has 0 amide bonds. The standard InChI is InChI=1S/C16H27FN2O2/c1-12(2)10-18-11-13-6-7-19-15(14(13)17)20-8-9-21-16(3,4)5/h6-7,12,18H,8-11H2,1-5H3. The number of halogens is 1. The first-order chi connectivity index (χ1) is 9.79. The van der Waals surface area contributed by atoms with Gasteiger partial charge in [-0.15, -0.1) is 0 Å². The highest BCUT2D eigenvalue weighted by atomic mass is 19.1. The first-order valence-electron chi connectivity index (χ1n) is 7.40. The van der Waals surface area contributed by atoms with E-state index in [0.29, 0.717) is 24.6 Å². The van der Waals surface area contributed by atoms with E-state index in [1.807, 2.05) is 20.8 Å². The maximum atomic E-state index is 14.2. The van der Waals surface area contributed by atoms with Gasteiger partial charge in [-0.05, 0) is 39.3 Å². The molecule has 0 atom stereocenters. The lowest BCUT2D eigenvalue weighted by atomic mass is 10.2. The Labute approximate surface area is 127 Å². The zero-order chi connectivity index (χ0) is 15.9. The normalized spacial score (nSPS) is 12.0. The maximum Gasteiger partial charge on any atom is 0.250 e. The molecule has 0 unspecified atom stereocenters. The van der Waals surface area contributed by atoms with Crippen molar-refractivity contribution in [3.63, 3.8) is 0 Å². The highest BCUT2D eigenvalue weighted by Gasteiger charge is 2.12. The molecule has 0 saturated heterocycles. The summed E-state index contributed by atoms with van der Waals surface area (Å²) in [5, 5.41) is 3.21. The average molecular weight is 298 g/mol. The van der Waals surface area contributed by atoms with Crippen LogP contribution in [0.4, 0.5) is 4.39 Å². The van der Waals surface area contributed by atoms with Gasteiger partial charge in [0.25, 0.3) is 5.88 Å². The Morgan fingerprint density at radius 1 is 1.29 bits per heavy atom. The topological polar surface area (TPSA) is 43.4 Å². The van der Waals surface area contributed by atoms with Crippen LogP contribution >= 0.6 is 0 Å². The van der Waals surface area contributed by atoms with Gasteiger partial charge in [0.2, 0.25) is 0 Å². The van der Waals surface area contributed by atoms with Crippen LogP contribution in [-0.4, -0.2) is 30.3 Å². The Hall–Kier alpha value is -1.20. The van der Waals surface area contributed by atoms with Crippen LogP contribution < -0.4 is 10.1 Å². The third-order valence-corrected chi connectivity index (χ3v) is 2.66. The monoisotopic (exact) mass is 298 g/mol. The predicted octanol–water partition coefficient (Wildman–Crippen LogP) is 3.16. The summed E-state index contributed by atoms with van der Waals surface area (Å²) in [4.78, 5) is 3.94. The number of pyridine rings is 1. The van der Waals surface area contributed by atoms with Crippen molar-refractivity contribution in [1.82, 2.24) is 10.3 Å². The van der Waals surface area contributed by atoms with Gasteiger partial charge in [0.1, 0.15) is 6.61 Å². The van der Waals surface area contributed by atoms with Crippen LogP contribution in [0.5, 0.6) is 5.88 Å². The molecule has 5 heteroatoms. The van der Waals surface area contributed by atoms with Gasteiger partial charge in [0.05, 0.1) is 12.2 Å². The van der Waals surface area contributed by atoms with Gasteiger partial charge in [-0.2, -0.15) is 0 Å². The van der Waals surface area contributed by atoms with E-state index < -0.39 is 5.82 Å². The molecule has 0 aliphatic carbocycles. The van der Waals surface area contributed by atoms with Gasteiger partial charge >= 0.3 is 0 Å². The van der Waals surface area contributed by atoms with E-state index in [-0.39, 0.29) is 18.1 Å². The Morgan fingerprint density at radius 2 is 2.00 bits per heavy atom. The number of rotatable bonds is 8. The lowest BCUT2D eigenvalue weighted by molar-refractivity contribution is -0.0172. The molecule has 1 aromatic heterocycles. The van der Waals surface area contributed by atoms with Gasteiger partial charge < -0.3 is 14.8 Å². The Morgan fingerprint density at radius 3 is 2.62 bits per heavy atom. The summed E-state index contributed by atoms with van der Waals surface area (Å²) in [7, 11) is 0. The Balaban J connectivity index is 2.48. The largest absolute Gasteiger partial charge is 0.473 e. The molecular formula is C16H27FN2O2. The van der Waals surface area contributed by atoms with Gasteiger partial charge in [0, 0.05) is 18.3 Å². The minimum Gasteiger partial charge on any atom is -0.473 e. The lowest BCUT2D eigenvalue weighted by Crippen LogP contribution is -2.23. The van der Waals surface area contributed by atoms with E-state index in [1.165, 1.54) is 0 Å². The predicted molar refractivity (Wildman–Crippen MR) is 81.9 cm³/mol. The van der Waals surface area contributed by atoms with Crippen molar-refractivity contribution in [2.75, 3.05) is 19.8 Å². The first kappa shape index (κ1) is 17.9. The Bertz CT molecular complexity index is 431. The molecule has 1 heterocycles. The molecular weight excluding hydrogens is 271 g/mol. The van der Waals surface area contributed by atoms with Crippen molar-refractivity contribution in [2.24, 2.45) is 5.92 Å². The fourth-order valence-corrected chi connectivity index (χ4v) is 1.68. The zero-order valence-corrected chi connectivity index (χ0v) is 13.7. The van der Waals surface area contributed by atoms with Crippen LogP contribution in [0.1, 0.15) is 40.2 Å². The summed E-state index contributed by atoms with van der Waals surface area (Å²) in [6.07, 6.45) is 1.56. The molecule has 0 bridgehead atoms. The molecule has 0 aliphatic heterocycles. The summed E-state index contributed by atoms with van der Waals surface area (Å²) in [6, 6.07) is 1.67. The van der Waals surface area contributed by atoms with Crippen LogP contribution in [0.2, 0.25) is 0 Å². The van der Waals surface area contributed by atoms with Crippen LogP contribution in [0.15, 0.2) is 12.3 Å². The third-order valence-electron chi connectivity index (χ3n) is 2.66. The van der Waals surface area contributed by atoms with Crippen LogP contribution in [0, 0.1) is 11.7 Å². The fraction of sp³-hybridized carbons (Fsp3) is 0.688.